The molecule has 1 heterocycles. The van der Waals surface area contributed by atoms with Gasteiger partial charge in [-0.15, -0.1) is 0 Å². The molecule has 0 spiro atoms. The van der Waals surface area contributed by atoms with E-state index < -0.39 is 5.97 Å². The number of carbonyl (C=O) groups excluding carboxylic acids is 2. The van der Waals surface area contributed by atoms with Crippen LogP contribution in [0.5, 0.6) is 11.5 Å². The van der Waals surface area contributed by atoms with Crippen LogP contribution in [0.2, 0.25) is 5.02 Å². The van der Waals surface area contributed by atoms with E-state index in [0.717, 1.165) is 5.75 Å². The van der Waals surface area contributed by atoms with Crippen LogP contribution in [0, 0.1) is 0 Å². The number of carbonyl (C=O) groups is 2. The van der Waals surface area contributed by atoms with E-state index in [2.05, 4.69) is 10.3 Å². The van der Waals surface area contributed by atoms with Gasteiger partial charge >= 0.3 is 5.97 Å². The molecule has 29 heavy (non-hydrogen) atoms. The van der Waals surface area contributed by atoms with Gasteiger partial charge in [-0.25, -0.2) is 9.78 Å². The van der Waals surface area contributed by atoms with Crippen molar-refractivity contribution in [2.45, 2.75) is 6.92 Å². The summed E-state index contributed by atoms with van der Waals surface area (Å²) >= 11 is 6.06. The zero-order chi connectivity index (χ0) is 20.8. The van der Waals surface area contributed by atoms with Crippen LogP contribution in [0.3, 0.4) is 0 Å². The number of anilines is 1. The Morgan fingerprint density at radius 3 is 2.52 bits per heavy atom. The highest BCUT2D eigenvalue weighted by molar-refractivity contribution is 6.31. The monoisotopic (exact) mass is 414 g/mol. The second kappa shape index (κ2) is 9.25. The van der Waals surface area contributed by atoms with Crippen molar-refractivity contribution in [3.63, 3.8) is 0 Å². The minimum absolute atomic E-state index is 0.0734. The fourth-order valence-corrected chi connectivity index (χ4v) is 2.81. The number of fused-ring (bicyclic) bond motifs is 1. The maximum atomic E-state index is 12.3. The number of rotatable bonds is 7. The maximum Gasteiger partial charge on any atom is 0.356 e. The van der Waals surface area contributed by atoms with Crippen molar-refractivity contribution < 1.29 is 23.8 Å². The molecule has 0 bridgehead atoms. The molecule has 0 fully saturated rings. The lowest BCUT2D eigenvalue weighted by molar-refractivity contribution is -0.118. The van der Waals surface area contributed by atoms with Crippen molar-refractivity contribution in [1.29, 1.82) is 0 Å². The van der Waals surface area contributed by atoms with Crippen LogP contribution in [0.15, 0.2) is 48.5 Å². The maximum absolute atomic E-state index is 12.3. The van der Waals surface area contributed by atoms with Crippen molar-refractivity contribution >= 4 is 40.1 Å². The molecule has 1 N–H and O–H groups in total. The molecule has 8 heteroatoms. The molecular weight excluding hydrogens is 396 g/mol. The topological polar surface area (TPSA) is 86.8 Å². The molecule has 0 aliphatic carbocycles. The number of methoxy groups -OCH3 is 1. The van der Waals surface area contributed by atoms with E-state index in [1.165, 1.54) is 13.2 Å². The second-order valence-corrected chi connectivity index (χ2v) is 6.39. The van der Waals surface area contributed by atoms with E-state index >= 15 is 0 Å². The van der Waals surface area contributed by atoms with E-state index in [-0.39, 0.29) is 18.2 Å². The number of hydrogen-bond donors (Lipinski definition) is 1. The lowest BCUT2D eigenvalue weighted by Crippen LogP contribution is -2.20. The molecule has 7 nitrogen and oxygen atoms in total. The highest BCUT2D eigenvalue weighted by Crippen LogP contribution is 2.28. The van der Waals surface area contributed by atoms with Crippen LogP contribution >= 0.6 is 11.6 Å². The molecule has 1 amide bonds. The van der Waals surface area contributed by atoms with Crippen LogP contribution in [0.25, 0.3) is 10.9 Å². The third-order valence-corrected chi connectivity index (χ3v) is 4.17. The molecule has 0 unspecified atom stereocenters. The summed E-state index contributed by atoms with van der Waals surface area (Å²) in [7, 11) is 1.26. The number of hydrogen-bond acceptors (Lipinski definition) is 6. The van der Waals surface area contributed by atoms with Crippen molar-refractivity contribution in [3.8, 4) is 11.5 Å². The van der Waals surface area contributed by atoms with Gasteiger partial charge in [0, 0.05) is 22.2 Å². The fourth-order valence-electron chi connectivity index (χ4n) is 2.64. The Morgan fingerprint density at radius 1 is 1.07 bits per heavy atom. The van der Waals surface area contributed by atoms with Gasteiger partial charge in [-0.05, 0) is 49.4 Å². The fraction of sp³-hybridized carbons (Fsp3) is 0.190. The molecule has 2 aromatic carbocycles. The zero-order valence-corrected chi connectivity index (χ0v) is 16.7. The van der Waals surface area contributed by atoms with Crippen LogP contribution in [0.4, 0.5) is 5.69 Å². The van der Waals surface area contributed by atoms with Gasteiger partial charge in [0.15, 0.2) is 12.3 Å². The van der Waals surface area contributed by atoms with Crippen LogP contribution in [0.1, 0.15) is 17.4 Å². The summed E-state index contributed by atoms with van der Waals surface area (Å²) in [6.45, 7) is 2.20. The highest BCUT2D eigenvalue weighted by Gasteiger charge is 2.15. The molecule has 0 saturated carbocycles. The predicted octanol–water partition coefficient (Wildman–Crippen LogP) is 4.09. The minimum atomic E-state index is -0.606. The van der Waals surface area contributed by atoms with Crippen LogP contribution in [-0.4, -0.2) is 37.2 Å². The van der Waals surface area contributed by atoms with Crippen molar-refractivity contribution in [2.75, 3.05) is 25.6 Å². The summed E-state index contributed by atoms with van der Waals surface area (Å²) < 4.78 is 15.8. The number of nitrogens with one attached hydrogen (secondary N) is 1. The molecule has 150 valence electrons. The number of amides is 1. The number of pyridine rings is 1. The summed E-state index contributed by atoms with van der Waals surface area (Å²) in [5.41, 5.74) is 1.18. The van der Waals surface area contributed by atoms with Crippen molar-refractivity contribution in [2.24, 2.45) is 0 Å². The molecule has 0 saturated heterocycles. The Kier molecular flexibility index (Phi) is 6.51. The molecule has 0 radical (unpaired) electrons. The number of esters is 1. The molecule has 3 aromatic rings. The quantitative estimate of drug-likeness (QED) is 0.586. The molecule has 0 aliphatic rings. The molecule has 3 rings (SSSR count). The zero-order valence-electron chi connectivity index (χ0n) is 15.9. The van der Waals surface area contributed by atoms with Gasteiger partial charge in [0.25, 0.3) is 5.91 Å². The van der Waals surface area contributed by atoms with E-state index in [4.69, 9.17) is 25.8 Å². The van der Waals surface area contributed by atoms with E-state index in [0.29, 0.717) is 34.0 Å². The first-order valence-electron chi connectivity index (χ1n) is 8.84. The first-order chi connectivity index (χ1) is 14.0. The molecular formula is C21H19ClN2O5. The number of halogens is 1. The average molecular weight is 415 g/mol. The van der Waals surface area contributed by atoms with Crippen molar-refractivity contribution in [1.82, 2.24) is 4.98 Å². The second-order valence-electron chi connectivity index (χ2n) is 5.95. The Morgan fingerprint density at radius 2 is 1.83 bits per heavy atom. The van der Waals surface area contributed by atoms with Crippen LogP contribution in [-0.2, 0) is 9.53 Å². The highest BCUT2D eigenvalue weighted by atomic mass is 35.5. The van der Waals surface area contributed by atoms with E-state index in [1.807, 2.05) is 6.92 Å². The smallest absolute Gasteiger partial charge is 0.356 e. The molecule has 1 aromatic heterocycles. The number of ether oxygens (including phenoxy) is 3. The Balaban J connectivity index is 1.75. The first kappa shape index (κ1) is 20.4. The Labute approximate surface area is 172 Å². The summed E-state index contributed by atoms with van der Waals surface area (Å²) in [5, 5.41) is 3.80. The van der Waals surface area contributed by atoms with Gasteiger partial charge in [0.2, 0.25) is 0 Å². The van der Waals surface area contributed by atoms with Gasteiger partial charge in [0.1, 0.15) is 11.5 Å². The summed E-state index contributed by atoms with van der Waals surface area (Å²) in [5.74, 6) is 0.0586. The average Bonchev–Trinajstić information content (AvgIpc) is 2.73. The molecule has 0 aliphatic heterocycles. The summed E-state index contributed by atoms with van der Waals surface area (Å²) in [4.78, 5) is 28.4. The van der Waals surface area contributed by atoms with Gasteiger partial charge in [0.05, 0.1) is 19.2 Å². The van der Waals surface area contributed by atoms with Gasteiger partial charge < -0.3 is 19.5 Å². The largest absolute Gasteiger partial charge is 0.494 e. The Hall–Kier alpha value is -3.32. The van der Waals surface area contributed by atoms with E-state index in [1.54, 1.807) is 42.5 Å². The van der Waals surface area contributed by atoms with Gasteiger partial charge in [-0.2, -0.15) is 0 Å². The third-order valence-electron chi connectivity index (χ3n) is 3.94. The first-order valence-corrected chi connectivity index (χ1v) is 9.22. The minimum Gasteiger partial charge on any atom is -0.494 e. The summed E-state index contributed by atoms with van der Waals surface area (Å²) in [6, 6.07) is 13.4. The third kappa shape index (κ3) is 5.14. The number of benzene rings is 2. The van der Waals surface area contributed by atoms with Gasteiger partial charge in [-0.1, -0.05) is 11.6 Å². The lowest BCUT2D eigenvalue weighted by Gasteiger charge is -2.12. The van der Waals surface area contributed by atoms with Gasteiger partial charge in [-0.3, -0.25) is 4.79 Å². The van der Waals surface area contributed by atoms with E-state index in [9.17, 15) is 9.59 Å². The van der Waals surface area contributed by atoms with Crippen LogP contribution < -0.4 is 14.8 Å². The standard InChI is InChI=1S/C21H19ClN2O5/c1-3-28-15-7-5-14(6-8-15)23-20(25)12-29-19-11-18(21(26)27-2)24-17-9-4-13(22)10-16(17)19/h4-11H,3,12H2,1-2H3,(H,23,25). The number of aromatic nitrogens is 1. The lowest BCUT2D eigenvalue weighted by atomic mass is 10.2. The van der Waals surface area contributed by atoms with Crippen molar-refractivity contribution in [3.05, 3.63) is 59.2 Å². The normalized spacial score (nSPS) is 10.4. The molecule has 0 atom stereocenters. The SMILES string of the molecule is CCOc1ccc(NC(=O)COc2cc(C(=O)OC)nc3ccc(Cl)cc23)cc1. The Bertz CT molecular complexity index is 1040. The summed E-state index contributed by atoms with van der Waals surface area (Å²) in [6.07, 6.45) is 0. The predicted molar refractivity (Wildman–Crippen MR) is 110 cm³/mol. The number of nitrogens with zero attached hydrogens (tertiary/aromatic N) is 1.